The van der Waals surface area contributed by atoms with E-state index < -0.39 is 48.2 Å². The van der Waals surface area contributed by atoms with Gasteiger partial charge >= 0.3 is 11.9 Å². The van der Waals surface area contributed by atoms with Crippen molar-refractivity contribution in [3.63, 3.8) is 0 Å². The molecular weight excluding hydrogens is 640 g/mol. The van der Waals surface area contributed by atoms with Crippen LogP contribution in [0.25, 0.3) is 22.3 Å². The number of imidazole rings is 1. The van der Waals surface area contributed by atoms with Gasteiger partial charge in [0.1, 0.15) is 23.3 Å². The molecule has 2 aromatic carbocycles. The molecule has 0 amide bonds. The predicted octanol–water partition coefficient (Wildman–Crippen LogP) is 3.13. The molecule has 5 aromatic rings. The lowest BCUT2D eigenvalue weighted by atomic mass is 9.89. The van der Waals surface area contributed by atoms with Crippen molar-refractivity contribution in [2.24, 2.45) is 0 Å². The average Bonchev–Trinajstić information content (AvgIpc) is 3.76. The van der Waals surface area contributed by atoms with Crippen LogP contribution in [-0.4, -0.2) is 81.3 Å². The van der Waals surface area contributed by atoms with Gasteiger partial charge in [0.05, 0.1) is 29.7 Å². The van der Waals surface area contributed by atoms with Crippen LogP contribution in [0.5, 0.6) is 0 Å². The minimum Gasteiger partial charge on any atom is -0.479 e. The Bertz CT molecular complexity index is 1920. The molecule has 5 atom stereocenters. The first kappa shape index (κ1) is 31.5. The molecule has 0 radical (unpaired) electrons. The van der Waals surface area contributed by atoms with Crippen molar-refractivity contribution in [2.75, 3.05) is 12.3 Å². The summed E-state index contributed by atoms with van der Waals surface area (Å²) >= 11 is 7.17. The minimum atomic E-state index is -2.01. The van der Waals surface area contributed by atoms with E-state index in [2.05, 4.69) is 19.9 Å². The maximum Gasteiger partial charge on any atom is 0.342 e. The molecule has 1 unspecified atom stereocenters. The third kappa shape index (κ3) is 5.46. The number of hydrogen-bond acceptors (Lipinski definition) is 12. The molecule has 1 fully saturated rings. The molecule has 1 aliphatic heterocycles. The number of nitrogen functional groups attached to an aromatic ring is 1. The van der Waals surface area contributed by atoms with Gasteiger partial charge in [-0.1, -0.05) is 42.5 Å². The molecule has 1 aliphatic rings. The predicted molar refractivity (Wildman–Crippen MR) is 165 cm³/mol. The number of aliphatic hydroxyl groups is 2. The van der Waals surface area contributed by atoms with Crippen LogP contribution in [0.4, 0.5) is 5.82 Å². The van der Waals surface area contributed by atoms with Crippen LogP contribution in [0.15, 0.2) is 65.7 Å². The monoisotopic (exact) mass is 666 g/mol. The second-order valence-corrected chi connectivity index (χ2v) is 12.0. The lowest BCUT2D eigenvalue weighted by Crippen LogP contribution is -2.49. The molecular formula is C30H27ClN6O8S. The third-order valence-electron chi connectivity index (χ3n) is 8.07. The molecule has 4 heterocycles. The molecule has 0 saturated carbocycles. The number of benzene rings is 2. The number of nitrogens with two attached hydrogens (primary N) is 1. The van der Waals surface area contributed by atoms with Gasteiger partial charge in [-0.15, -0.1) is 11.3 Å². The normalized spacial score (nSPS) is 22.6. The Morgan fingerprint density at radius 1 is 1.15 bits per heavy atom. The Balaban J connectivity index is 1.28. The van der Waals surface area contributed by atoms with E-state index in [1.807, 2.05) is 0 Å². The SMILES string of the molecule is C[C@@]1(O)[C@H](COC(Cc2ccc(-c3ccccc3C(=O)O)cc2)(C(=O)O)c2cscn2)O[C@@H](n2cnc3c(N)nc(Cl)nc32)[C@@H]1O. The number of aliphatic carboxylic acids is 1. The zero-order valence-electron chi connectivity index (χ0n) is 24.0. The highest BCUT2D eigenvalue weighted by atomic mass is 35.5. The summed E-state index contributed by atoms with van der Waals surface area (Å²) in [6.07, 6.45) is -2.80. The Hall–Kier alpha value is -4.51. The summed E-state index contributed by atoms with van der Waals surface area (Å²) in [6.45, 7) is 0.888. The molecule has 3 aromatic heterocycles. The second-order valence-electron chi connectivity index (χ2n) is 10.9. The number of thiazole rings is 1. The average molecular weight is 667 g/mol. The molecule has 16 heteroatoms. The Morgan fingerprint density at radius 3 is 2.57 bits per heavy atom. The number of aliphatic hydroxyl groups excluding tert-OH is 1. The van der Waals surface area contributed by atoms with Crippen LogP contribution in [-0.2, 0) is 26.3 Å². The van der Waals surface area contributed by atoms with Crippen LogP contribution >= 0.6 is 22.9 Å². The van der Waals surface area contributed by atoms with Gasteiger partial charge in [-0.25, -0.2) is 19.6 Å². The van der Waals surface area contributed by atoms with Crippen molar-refractivity contribution >= 4 is 51.9 Å². The van der Waals surface area contributed by atoms with Crippen molar-refractivity contribution in [2.45, 2.75) is 43.0 Å². The summed E-state index contributed by atoms with van der Waals surface area (Å²) in [7, 11) is 0. The van der Waals surface area contributed by atoms with Gasteiger partial charge in [0.15, 0.2) is 17.7 Å². The Morgan fingerprint density at radius 2 is 1.89 bits per heavy atom. The number of carboxylic acids is 2. The number of rotatable bonds is 10. The van der Waals surface area contributed by atoms with Crippen LogP contribution < -0.4 is 5.73 Å². The Labute approximate surface area is 269 Å². The number of halogens is 1. The highest BCUT2D eigenvalue weighted by molar-refractivity contribution is 7.07. The molecule has 1 saturated heterocycles. The van der Waals surface area contributed by atoms with Crippen molar-refractivity contribution in [1.29, 1.82) is 0 Å². The molecule has 6 rings (SSSR count). The number of carbonyl (C=O) groups is 2. The molecule has 0 spiro atoms. The van der Waals surface area contributed by atoms with Gasteiger partial charge < -0.3 is 35.6 Å². The van der Waals surface area contributed by atoms with Gasteiger partial charge in [-0.2, -0.15) is 9.97 Å². The Kier molecular flexibility index (Phi) is 8.22. The van der Waals surface area contributed by atoms with Crippen LogP contribution in [0.2, 0.25) is 5.28 Å². The van der Waals surface area contributed by atoms with Gasteiger partial charge in [0.25, 0.3) is 0 Å². The van der Waals surface area contributed by atoms with E-state index in [0.29, 0.717) is 16.7 Å². The van der Waals surface area contributed by atoms with Crippen LogP contribution in [0, 0.1) is 0 Å². The molecule has 46 heavy (non-hydrogen) atoms. The topological polar surface area (TPSA) is 216 Å². The highest BCUT2D eigenvalue weighted by Crippen LogP contribution is 2.40. The zero-order valence-corrected chi connectivity index (χ0v) is 25.6. The smallest absolute Gasteiger partial charge is 0.342 e. The minimum absolute atomic E-state index is 0.0153. The summed E-state index contributed by atoms with van der Waals surface area (Å²) in [5.74, 6) is -2.39. The fourth-order valence-electron chi connectivity index (χ4n) is 5.49. The number of carboxylic acid groups (broad SMARTS) is 2. The first-order chi connectivity index (χ1) is 21.9. The van der Waals surface area contributed by atoms with Crippen molar-refractivity contribution in [3.8, 4) is 11.1 Å². The lowest BCUT2D eigenvalue weighted by Gasteiger charge is -2.32. The third-order valence-corrected chi connectivity index (χ3v) is 8.82. The van der Waals surface area contributed by atoms with E-state index in [0.717, 1.165) is 0 Å². The standard InChI is InChI=1S/C30H27ClN6O8S/c1-29(43)20(45-25(22(29)38)37-13-33-21-23(32)35-28(31)36-24(21)37)11-44-30(27(41)42,19-12-46-14-34-19)10-15-6-8-16(9-7-15)17-4-2-3-5-18(17)26(39)40/h2-9,12-14,20,22,25,38,43H,10-11H2,1H3,(H,39,40)(H,41,42)(H2,32,35,36)/t20-,22-,25+,29+,30?/m0/s1. The van der Waals surface area contributed by atoms with Crippen molar-refractivity contribution in [3.05, 3.63) is 87.9 Å². The number of aromatic nitrogens is 5. The largest absolute Gasteiger partial charge is 0.479 e. The lowest BCUT2D eigenvalue weighted by molar-refractivity contribution is -0.180. The van der Waals surface area contributed by atoms with Gasteiger partial charge in [-0.05, 0) is 41.3 Å². The number of anilines is 1. The summed E-state index contributed by atoms with van der Waals surface area (Å²) in [5, 5.41) is 44.1. The summed E-state index contributed by atoms with van der Waals surface area (Å²) in [5.41, 5.74) is 5.80. The van der Waals surface area contributed by atoms with Gasteiger partial charge in [0, 0.05) is 11.8 Å². The molecule has 0 aliphatic carbocycles. The maximum absolute atomic E-state index is 13.0. The van der Waals surface area contributed by atoms with E-state index in [9.17, 15) is 30.0 Å². The zero-order chi connectivity index (χ0) is 32.8. The molecule has 14 nitrogen and oxygen atoms in total. The van der Waals surface area contributed by atoms with Gasteiger partial charge in [-0.3, -0.25) is 4.57 Å². The quantitative estimate of drug-likeness (QED) is 0.136. The van der Waals surface area contributed by atoms with E-state index in [1.165, 1.54) is 40.7 Å². The van der Waals surface area contributed by atoms with E-state index in [4.69, 9.17) is 26.8 Å². The number of aromatic carboxylic acids is 1. The molecule has 6 N–H and O–H groups in total. The van der Waals surface area contributed by atoms with Gasteiger partial charge in [0.2, 0.25) is 10.9 Å². The summed E-state index contributed by atoms with van der Waals surface area (Å²) in [4.78, 5) is 41.1. The van der Waals surface area contributed by atoms with Crippen LogP contribution in [0.3, 0.4) is 0 Å². The van der Waals surface area contributed by atoms with E-state index in [1.54, 1.807) is 47.8 Å². The van der Waals surface area contributed by atoms with Crippen molar-refractivity contribution < 1.29 is 39.5 Å². The fourth-order valence-corrected chi connectivity index (χ4v) is 6.27. The number of hydrogen-bond donors (Lipinski definition) is 5. The summed E-state index contributed by atoms with van der Waals surface area (Å²) in [6, 6.07) is 13.3. The second kappa shape index (κ2) is 12.0. The van der Waals surface area contributed by atoms with E-state index in [-0.39, 0.29) is 39.9 Å². The number of ether oxygens (including phenoxy) is 2. The molecule has 0 bridgehead atoms. The van der Waals surface area contributed by atoms with E-state index >= 15 is 0 Å². The number of fused-ring (bicyclic) bond motifs is 1. The highest BCUT2D eigenvalue weighted by Gasteiger charge is 2.55. The first-order valence-electron chi connectivity index (χ1n) is 13.8. The first-order valence-corrected chi connectivity index (χ1v) is 15.1. The maximum atomic E-state index is 13.0. The molecule has 238 valence electrons. The van der Waals surface area contributed by atoms with Crippen LogP contribution in [0.1, 0.15) is 34.8 Å². The number of nitrogens with zero attached hydrogens (tertiary/aromatic N) is 5. The summed E-state index contributed by atoms with van der Waals surface area (Å²) < 4.78 is 13.6. The van der Waals surface area contributed by atoms with Crippen molar-refractivity contribution in [1.82, 2.24) is 24.5 Å². The fraction of sp³-hybridized carbons (Fsp3) is 0.267.